The van der Waals surface area contributed by atoms with Crippen molar-refractivity contribution in [1.29, 1.82) is 0 Å². The molecule has 0 heterocycles. The summed E-state index contributed by atoms with van der Waals surface area (Å²) < 4.78 is 5.28. The molecule has 0 saturated heterocycles. The average Bonchev–Trinajstić information content (AvgIpc) is 2.60. The van der Waals surface area contributed by atoms with E-state index in [1.165, 1.54) is 26.2 Å². The highest BCUT2D eigenvalue weighted by molar-refractivity contribution is 5.97. The van der Waals surface area contributed by atoms with Crippen molar-refractivity contribution >= 4 is 17.9 Å². The van der Waals surface area contributed by atoms with E-state index in [1.54, 1.807) is 0 Å². The zero-order valence-corrected chi connectivity index (χ0v) is 16.0. The lowest BCUT2D eigenvalue weighted by Gasteiger charge is -2.56. The summed E-state index contributed by atoms with van der Waals surface area (Å²) in [6.45, 7) is 1.52. The Balaban J connectivity index is 1.27. The molecule has 0 aromatic carbocycles. The number of rotatable bonds is 4. The van der Waals surface area contributed by atoms with Crippen molar-refractivity contribution in [2.24, 2.45) is 23.7 Å². The van der Waals surface area contributed by atoms with Gasteiger partial charge < -0.3 is 10.1 Å². The van der Waals surface area contributed by atoms with Crippen molar-refractivity contribution in [1.82, 2.24) is 10.6 Å². The number of hydrogen-bond acceptors (Lipinski definition) is 4. The summed E-state index contributed by atoms with van der Waals surface area (Å²) in [7, 11) is 0. The van der Waals surface area contributed by atoms with Gasteiger partial charge in [0.1, 0.15) is 0 Å². The van der Waals surface area contributed by atoms with Crippen LogP contribution in [-0.4, -0.2) is 29.6 Å². The normalized spacial score (nSPS) is 37.5. The van der Waals surface area contributed by atoms with E-state index in [-0.39, 0.29) is 17.4 Å². The van der Waals surface area contributed by atoms with Gasteiger partial charge in [0.15, 0.2) is 6.10 Å². The van der Waals surface area contributed by atoms with Crippen LogP contribution in [0, 0.1) is 23.7 Å². The van der Waals surface area contributed by atoms with E-state index >= 15 is 0 Å². The van der Waals surface area contributed by atoms with Gasteiger partial charge >= 0.3 is 12.0 Å². The number of amides is 3. The second kappa shape index (κ2) is 7.28. The smallest absolute Gasteiger partial charge is 0.321 e. The number of carbonyl (C=O) groups excluding carboxylic acids is 3. The third-order valence-corrected chi connectivity index (χ3v) is 6.92. The van der Waals surface area contributed by atoms with Crippen LogP contribution in [0.4, 0.5) is 4.79 Å². The monoisotopic (exact) mass is 374 g/mol. The highest BCUT2D eigenvalue weighted by atomic mass is 16.5. The van der Waals surface area contributed by atoms with Gasteiger partial charge in [-0.2, -0.15) is 0 Å². The zero-order chi connectivity index (χ0) is 19.0. The third-order valence-electron chi connectivity index (χ3n) is 6.92. The Kier molecular flexibility index (Phi) is 4.99. The topological polar surface area (TPSA) is 84.5 Å². The fraction of sp³-hybridized carbons (Fsp3) is 0.762. The van der Waals surface area contributed by atoms with Crippen LogP contribution < -0.4 is 10.6 Å². The molecule has 0 radical (unpaired) electrons. The molecule has 6 nitrogen and oxygen atoms in total. The molecule has 27 heavy (non-hydrogen) atoms. The fourth-order valence-electron chi connectivity index (χ4n) is 6.08. The second-order valence-corrected chi connectivity index (χ2v) is 9.20. The number of urea groups is 1. The summed E-state index contributed by atoms with van der Waals surface area (Å²) in [6, 6.07) is -0.453. The highest BCUT2D eigenvalue weighted by Gasteiger charge is 2.51. The molecule has 5 rings (SSSR count). The van der Waals surface area contributed by atoms with Gasteiger partial charge in [-0.3, -0.25) is 14.9 Å². The lowest BCUT2D eigenvalue weighted by Crippen LogP contribution is -2.62. The first kappa shape index (κ1) is 18.5. The number of imide groups is 1. The van der Waals surface area contributed by atoms with Gasteiger partial charge in [0.05, 0.1) is 5.92 Å². The summed E-state index contributed by atoms with van der Waals surface area (Å²) in [6.07, 6.45) is 12.3. The van der Waals surface area contributed by atoms with Crippen LogP contribution in [-0.2, 0) is 14.3 Å². The number of hydrogen-bond donors (Lipinski definition) is 2. The van der Waals surface area contributed by atoms with Crippen molar-refractivity contribution in [2.45, 2.75) is 76.4 Å². The Labute approximate surface area is 160 Å². The number of esters is 1. The number of nitrogens with one attached hydrogen (secondary N) is 2. The van der Waals surface area contributed by atoms with E-state index < -0.39 is 18.0 Å². The molecule has 0 aromatic heterocycles. The molecular formula is C21H30N2O4. The molecule has 6 heteroatoms. The highest BCUT2D eigenvalue weighted by Crippen LogP contribution is 2.55. The van der Waals surface area contributed by atoms with Crippen LogP contribution >= 0.6 is 0 Å². The maximum atomic E-state index is 12.4. The maximum absolute atomic E-state index is 12.4. The molecule has 5 aliphatic rings. The van der Waals surface area contributed by atoms with E-state index in [0.717, 1.165) is 49.9 Å². The first-order chi connectivity index (χ1) is 12.9. The molecule has 2 N–H and O–H groups in total. The van der Waals surface area contributed by atoms with E-state index in [0.29, 0.717) is 6.42 Å². The second-order valence-electron chi connectivity index (χ2n) is 9.20. The molecule has 4 fully saturated rings. The summed E-state index contributed by atoms with van der Waals surface area (Å²) in [5.74, 6) is 1.05. The molecule has 5 aliphatic carbocycles. The lowest BCUT2D eigenvalue weighted by molar-refractivity contribution is -0.158. The minimum absolute atomic E-state index is 0.145. The number of carbonyl (C=O) groups is 3. The third kappa shape index (κ3) is 4.04. The molecule has 0 spiro atoms. The molecule has 4 saturated carbocycles. The minimum Gasteiger partial charge on any atom is -0.452 e. The quantitative estimate of drug-likeness (QED) is 0.585. The predicted octanol–water partition coefficient (Wildman–Crippen LogP) is 3.07. The first-order valence-corrected chi connectivity index (χ1v) is 10.4. The van der Waals surface area contributed by atoms with E-state index in [4.69, 9.17) is 4.74 Å². The Hall–Kier alpha value is -1.85. The fourth-order valence-corrected chi connectivity index (χ4v) is 6.08. The summed E-state index contributed by atoms with van der Waals surface area (Å²) >= 11 is 0. The zero-order valence-electron chi connectivity index (χ0n) is 16.0. The van der Waals surface area contributed by atoms with Crippen molar-refractivity contribution in [3.05, 3.63) is 12.2 Å². The molecule has 0 unspecified atom stereocenters. The molecule has 3 amide bonds. The Morgan fingerprint density at radius 1 is 1.04 bits per heavy atom. The molecule has 148 valence electrons. The molecule has 2 atom stereocenters. The first-order valence-electron chi connectivity index (χ1n) is 10.4. The van der Waals surface area contributed by atoms with Crippen LogP contribution in [0.15, 0.2) is 12.2 Å². The van der Waals surface area contributed by atoms with Crippen LogP contribution in [0.25, 0.3) is 0 Å². The lowest BCUT2D eigenvalue weighted by atomic mass is 9.53. The van der Waals surface area contributed by atoms with Crippen molar-refractivity contribution in [3.8, 4) is 0 Å². The predicted molar refractivity (Wildman–Crippen MR) is 99.6 cm³/mol. The summed E-state index contributed by atoms with van der Waals surface area (Å²) in [5.41, 5.74) is -0.145. The summed E-state index contributed by atoms with van der Waals surface area (Å²) in [5, 5.41) is 5.49. The Morgan fingerprint density at radius 2 is 1.67 bits per heavy atom. The van der Waals surface area contributed by atoms with E-state index in [2.05, 4.69) is 16.7 Å². The van der Waals surface area contributed by atoms with Crippen molar-refractivity contribution in [2.75, 3.05) is 0 Å². The largest absolute Gasteiger partial charge is 0.452 e. The van der Waals surface area contributed by atoms with Crippen molar-refractivity contribution < 1.29 is 19.1 Å². The van der Waals surface area contributed by atoms with Gasteiger partial charge in [-0.05, 0) is 82.5 Å². The van der Waals surface area contributed by atoms with E-state index in [1.807, 2.05) is 6.08 Å². The van der Waals surface area contributed by atoms with Gasteiger partial charge in [0.2, 0.25) is 0 Å². The minimum atomic E-state index is -0.967. The Morgan fingerprint density at radius 3 is 2.22 bits per heavy atom. The van der Waals surface area contributed by atoms with Gasteiger partial charge in [0.25, 0.3) is 5.91 Å². The maximum Gasteiger partial charge on any atom is 0.321 e. The number of ether oxygens (including phenoxy) is 1. The van der Waals surface area contributed by atoms with Gasteiger partial charge in [-0.25, -0.2) is 4.79 Å². The van der Waals surface area contributed by atoms with Crippen LogP contribution in [0.5, 0.6) is 0 Å². The summed E-state index contributed by atoms with van der Waals surface area (Å²) in [4.78, 5) is 36.9. The molecule has 0 aromatic rings. The molecule has 4 bridgehead atoms. The van der Waals surface area contributed by atoms with Crippen molar-refractivity contribution in [3.63, 3.8) is 0 Å². The van der Waals surface area contributed by atoms with Crippen LogP contribution in [0.1, 0.15) is 64.7 Å². The van der Waals surface area contributed by atoms with Crippen LogP contribution in [0.3, 0.4) is 0 Å². The molecular weight excluding hydrogens is 344 g/mol. The van der Waals surface area contributed by atoms with E-state index in [9.17, 15) is 14.4 Å². The molecule has 0 aliphatic heterocycles. The number of allylic oxidation sites excluding steroid dienone is 2. The Bertz CT molecular complexity index is 621. The SMILES string of the molecule is C[C@H](OC(=O)[C@H]1CC=CCC1)C(=O)NC(=O)NC12CC3CC(CC(C3)C1)C2. The standard InChI is InChI=1S/C21H30N2O4/c1-13(27-19(25)17-5-3-2-4-6-17)18(24)22-20(26)23-21-10-14-7-15(11-21)9-16(8-14)12-21/h2-3,13-17H,4-12H2,1H3,(H2,22,23,24,26)/t13-,14?,15?,16?,17-,21?/m0/s1. The van der Waals surface area contributed by atoms with Gasteiger partial charge in [0, 0.05) is 5.54 Å². The van der Waals surface area contributed by atoms with Gasteiger partial charge in [-0.15, -0.1) is 0 Å². The van der Waals surface area contributed by atoms with Gasteiger partial charge in [-0.1, -0.05) is 12.2 Å². The average molecular weight is 374 g/mol. The van der Waals surface area contributed by atoms with Crippen LogP contribution in [0.2, 0.25) is 0 Å².